The van der Waals surface area contributed by atoms with Crippen molar-refractivity contribution in [3.8, 4) is 5.75 Å². The first-order chi connectivity index (χ1) is 15.4. The van der Waals surface area contributed by atoms with Crippen LogP contribution < -0.4 is 10.1 Å². The lowest BCUT2D eigenvalue weighted by Gasteiger charge is -2.14. The molecule has 0 unspecified atom stereocenters. The van der Waals surface area contributed by atoms with Crippen molar-refractivity contribution in [2.75, 3.05) is 26.1 Å². The van der Waals surface area contributed by atoms with E-state index in [1.54, 1.807) is 35.4 Å². The number of para-hydroxylation sites is 1. The number of hydrogen-bond donors (Lipinski definition) is 1. The standard InChI is InChI=1S/C23H21N3O6/c1-15(26-9-8-24-14-26)19-6-4-5-7-20(19)32-13-21(27)25-18-11-16(22(28)30-2)10-17(12-18)23(29)31-3/h4-12,14H,1,13H2,2-3H3,(H,25,27). The van der Waals surface area contributed by atoms with E-state index in [1.165, 1.54) is 32.4 Å². The number of imidazole rings is 1. The Bertz CT molecular complexity index is 1120. The Labute approximate surface area is 184 Å². The van der Waals surface area contributed by atoms with E-state index in [2.05, 4.69) is 16.9 Å². The van der Waals surface area contributed by atoms with E-state index < -0.39 is 17.8 Å². The minimum atomic E-state index is -0.658. The van der Waals surface area contributed by atoms with Crippen LogP contribution in [0.2, 0.25) is 0 Å². The number of anilines is 1. The first-order valence-corrected chi connectivity index (χ1v) is 9.44. The Morgan fingerprint density at radius 2 is 1.69 bits per heavy atom. The molecule has 2 aromatic carbocycles. The predicted molar refractivity (Wildman–Crippen MR) is 116 cm³/mol. The lowest BCUT2D eigenvalue weighted by Crippen LogP contribution is -2.21. The fourth-order valence-electron chi connectivity index (χ4n) is 2.90. The van der Waals surface area contributed by atoms with Crippen LogP contribution in [0.1, 0.15) is 26.3 Å². The maximum absolute atomic E-state index is 12.5. The minimum Gasteiger partial charge on any atom is -0.483 e. The highest BCUT2D eigenvalue weighted by molar-refractivity contribution is 5.99. The quantitative estimate of drug-likeness (QED) is 0.542. The molecule has 0 spiro atoms. The van der Waals surface area contributed by atoms with Gasteiger partial charge in [0.25, 0.3) is 5.91 Å². The summed E-state index contributed by atoms with van der Waals surface area (Å²) in [6.45, 7) is 3.73. The number of ether oxygens (including phenoxy) is 3. The van der Waals surface area contributed by atoms with Gasteiger partial charge in [-0.1, -0.05) is 18.7 Å². The summed E-state index contributed by atoms with van der Waals surface area (Å²) in [5.41, 5.74) is 1.73. The Balaban J connectivity index is 1.74. The molecule has 0 fully saturated rings. The third-order valence-corrected chi connectivity index (χ3v) is 4.43. The molecule has 3 aromatic rings. The van der Waals surface area contributed by atoms with E-state index in [-0.39, 0.29) is 23.4 Å². The van der Waals surface area contributed by atoms with Gasteiger partial charge in [0.05, 0.1) is 37.4 Å². The van der Waals surface area contributed by atoms with Gasteiger partial charge in [-0.15, -0.1) is 0 Å². The fraction of sp³-hybridized carbons (Fsp3) is 0.130. The summed E-state index contributed by atoms with van der Waals surface area (Å²) in [7, 11) is 2.43. The van der Waals surface area contributed by atoms with E-state index in [1.807, 2.05) is 12.1 Å². The average molecular weight is 435 g/mol. The van der Waals surface area contributed by atoms with Gasteiger partial charge < -0.3 is 24.1 Å². The molecule has 0 aliphatic rings. The summed E-state index contributed by atoms with van der Waals surface area (Å²) in [4.78, 5) is 40.3. The van der Waals surface area contributed by atoms with Gasteiger partial charge in [0.15, 0.2) is 6.61 Å². The number of esters is 2. The molecule has 0 saturated carbocycles. The first-order valence-electron chi connectivity index (χ1n) is 9.44. The molecule has 32 heavy (non-hydrogen) atoms. The van der Waals surface area contributed by atoms with Crippen LogP contribution in [0.4, 0.5) is 5.69 Å². The SMILES string of the molecule is C=C(c1ccccc1OCC(=O)Nc1cc(C(=O)OC)cc(C(=O)OC)c1)n1ccnc1. The lowest BCUT2D eigenvalue weighted by molar-refractivity contribution is -0.118. The van der Waals surface area contributed by atoms with Crippen molar-refractivity contribution < 1.29 is 28.6 Å². The lowest BCUT2D eigenvalue weighted by atomic mass is 10.1. The van der Waals surface area contributed by atoms with Gasteiger partial charge in [0.2, 0.25) is 0 Å². The first kappa shape index (κ1) is 22.3. The third kappa shape index (κ3) is 5.20. The Kier molecular flexibility index (Phi) is 7.02. The second-order valence-corrected chi connectivity index (χ2v) is 6.53. The zero-order chi connectivity index (χ0) is 23.1. The van der Waals surface area contributed by atoms with Crippen LogP contribution in [-0.2, 0) is 14.3 Å². The number of nitrogens with zero attached hydrogens (tertiary/aromatic N) is 2. The number of nitrogens with one attached hydrogen (secondary N) is 1. The van der Waals surface area contributed by atoms with Crippen LogP contribution in [0.3, 0.4) is 0 Å². The maximum Gasteiger partial charge on any atom is 0.337 e. The van der Waals surface area contributed by atoms with E-state index in [0.717, 1.165) is 0 Å². The highest BCUT2D eigenvalue weighted by Crippen LogP contribution is 2.26. The van der Waals surface area contributed by atoms with Crippen LogP contribution in [0.5, 0.6) is 5.75 Å². The molecule has 164 valence electrons. The van der Waals surface area contributed by atoms with Crippen LogP contribution in [0.15, 0.2) is 67.8 Å². The average Bonchev–Trinajstić information content (AvgIpc) is 3.36. The number of benzene rings is 2. The Morgan fingerprint density at radius 3 is 2.28 bits per heavy atom. The smallest absolute Gasteiger partial charge is 0.337 e. The molecule has 0 aliphatic heterocycles. The summed E-state index contributed by atoms with van der Waals surface area (Å²) < 4.78 is 16.8. The molecule has 1 heterocycles. The topological polar surface area (TPSA) is 109 Å². The number of aromatic nitrogens is 2. The van der Waals surface area contributed by atoms with E-state index >= 15 is 0 Å². The van der Waals surface area contributed by atoms with Crippen LogP contribution in [0, 0.1) is 0 Å². The van der Waals surface area contributed by atoms with Crippen molar-refractivity contribution in [1.82, 2.24) is 9.55 Å². The highest BCUT2D eigenvalue weighted by Gasteiger charge is 2.16. The molecular formula is C23H21N3O6. The molecule has 0 bridgehead atoms. The summed E-state index contributed by atoms with van der Waals surface area (Å²) in [6.07, 6.45) is 4.99. The normalized spacial score (nSPS) is 10.2. The van der Waals surface area contributed by atoms with Crippen molar-refractivity contribution in [3.63, 3.8) is 0 Å². The molecule has 9 nitrogen and oxygen atoms in total. The van der Waals surface area contributed by atoms with Crippen molar-refractivity contribution in [3.05, 3.63) is 84.5 Å². The molecule has 0 aliphatic carbocycles. The van der Waals surface area contributed by atoms with Crippen molar-refractivity contribution >= 4 is 29.2 Å². The highest BCUT2D eigenvalue weighted by atomic mass is 16.5. The van der Waals surface area contributed by atoms with Crippen LogP contribution in [0.25, 0.3) is 5.70 Å². The summed E-state index contributed by atoms with van der Waals surface area (Å²) in [5, 5.41) is 2.61. The second-order valence-electron chi connectivity index (χ2n) is 6.53. The monoisotopic (exact) mass is 435 g/mol. The third-order valence-electron chi connectivity index (χ3n) is 4.43. The van der Waals surface area contributed by atoms with Gasteiger partial charge in [0.1, 0.15) is 5.75 Å². The minimum absolute atomic E-state index is 0.0913. The van der Waals surface area contributed by atoms with Gasteiger partial charge >= 0.3 is 11.9 Å². The predicted octanol–water partition coefficient (Wildman–Crippen LogP) is 2.99. The van der Waals surface area contributed by atoms with Crippen molar-refractivity contribution in [2.24, 2.45) is 0 Å². The molecular weight excluding hydrogens is 414 g/mol. The van der Waals surface area contributed by atoms with Gasteiger partial charge in [0, 0.05) is 23.6 Å². The summed E-state index contributed by atoms with van der Waals surface area (Å²) in [6, 6.07) is 11.3. The molecule has 1 N–H and O–H groups in total. The van der Waals surface area contributed by atoms with Gasteiger partial charge in [-0.3, -0.25) is 4.79 Å². The van der Waals surface area contributed by atoms with Crippen molar-refractivity contribution in [2.45, 2.75) is 0 Å². The zero-order valence-corrected chi connectivity index (χ0v) is 17.5. The zero-order valence-electron chi connectivity index (χ0n) is 17.5. The second kappa shape index (κ2) is 10.1. The number of hydrogen-bond acceptors (Lipinski definition) is 7. The Hall–Kier alpha value is -4.40. The van der Waals surface area contributed by atoms with Gasteiger partial charge in [-0.25, -0.2) is 14.6 Å². The van der Waals surface area contributed by atoms with Gasteiger partial charge in [-0.05, 0) is 30.3 Å². The number of amides is 1. The number of carbonyl (C=O) groups excluding carboxylic acids is 3. The molecule has 1 amide bonds. The summed E-state index contributed by atoms with van der Waals surface area (Å²) >= 11 is 0. The van der Waals surface area contributed by atoms with Crippen molar-refractivity contribution in [1.29, 1.82) is 0 Å². The molecule has 3 rings (SSSR count). The van der Waals surface area contributed by atoms with E-state index in [9.17, 15) is 14.4 Å². The molecule has 0 atom stereocenters. The maximum atomic E-state index is 12.5. The Morgan fingerprint density at radius 1 is 1.03 bits per heavy atom. The molecule has 9 heteroatoms. The number of methoxy groups -OCH3 is 2. The molecule has 0 saturated heterocycles. The van der Waals surface area contributed by atoms with Gasteiger partial charge in [-0.2, -0.15) is 0 Å². The fourth-order valence-corrected chi connectivity index (χ4v) is 2.90. The number of rotatable bonds is 8. The summed E-state index contributed by atoms with van der Waals surface area (Å²) in [5.74, 6) is -1.35. The van der Waals surface area contributed by atoms with Crippen LogP contribution in [-0.4, -0.2) is 48.2 Å². The largest absolute Gasteiger partial charge is 0.483 e. The van der Waals surface area contributed by atoms with E-state index in [0.29, 0.717) is 17.0 Å². The molecule has 1 aromatic heterocycles. The van der Waals surface area contributed by atoms with E-state index in [4.69, 9.17) is 14.2 Å². The molecule has 0 radical (unpaired) electrons. The van der Waals surface area contributed by atoms with Crippen LogP contribution >= 0.6 is 0 Å². The number of carbonyl (C=O) groups is 3.